The van der Waals surface area contributed by atoms with Gasteiger partial charge in [0, 0.05) is 17.3 Å². The zero-order chi connectivity index (χ0) is 11.9. The standard InChI is InChI=1S/C13H24Br2O/c1-2-7-13(10-14,11-15)8-3-5-12-6-4-9-16-12/h12H,2-11H2,1H3. The molecule has 1 heterocycles. The van der Waals surface area contributed by atoms with Gasteiger partial charge in [-0.25, -0.2) is 0 Å². The van der Waals surface area contributed by atoms with E-state index in [-0.39, 0.29) is 0 Å². The molecule has 3 heteroatoms. The molecule has 16 heavy (non-hydrogen) atoms. The zero-order valence-electron chi connectivity index (χ0n) is 10.3. The lowest BCUT2D eigenvalue weighted by atomic mass is 9.82. The second-order valence-electron chi connectivity index (χ2n) is 5.04. The van der Waals surface area contributed by atoms with Gasteiger partial charge in [0.15, 0.2) is 0 Å². The monoisotopic (exact) mass is 354 g/mol. The quantitative estimate of drug-likeness (QED) is 0.562. The molecule has 1 rings (SSSR count). The first-order chi connectivity index (χ1) is 7.76. The molecule has 1 aliphatic rings. The van der Waals surface area contributed by atoms with Crippen molar-refractivity contribution in [2.24, 2.45) is 5.41 Å². The van der Waals surface area contributed by atoms with Crippen molar-refractivity contribution in [3.8, 4) is 0 Å². The third-order valence-electron chi connectivity index (χ3n) is 3.60. The summed E-state index contributed by atoms with van der Waals surface area (Å²) in [4.78, 5) is 0. The van der Waals surface area contributed by atoms with E-state index in [9.17, 15) is 0 Å². The highest BCUT2D eigenvalue weighted by Crippen LogP contribution is 2.35. The summed E-state index contributed by atoms with van der Waals surface area (Å²) in [5, 5.41) is 2.23. The number of hydrogen-bond donors (Lipinski definition) is 0. The van der Waals surface area contributed by atoms with Crippen LogP contribution in [0.25, 0.3) is 0 Å². The van der Waals surface area contributed by atoms with Gasteiger partial charge in [0.2, 0.25) is 0 Å². The lowest BCUT2D eigenvalue weighted by Gasteiger charge is -2.30. The highest BCUT2D eigenvalue weighted by Gasteiger charge is 2.27. The minimum Gasteiger partial charge on any atom is -0.378 e. The molecule has 0 aromatic carbocycles. The lowest BCUT2D eigenvalue weighted by molar-refractivity contribution is 0.0987. The van der Waals surface area contributed by atoms with Gasteiger partial charge in [0.05, 0.1) is 6.10 Å². The molecule has 1 nitrogen and oxygen atoms in total. The summed E-state index contributed by atoms with van der Waals surface area (Å²) in [5.41, 5.74) is 0.466. The largest absolute Gasteiger partial charge is 0.378 e. The van der Waals surface area contributed by atoms with Gasteiger partial charge in [-0.05, 0) is 37.5 Å². The maximum atomic E-state index is 5.67. The van der Waals surface area contributed by atoms with Crippen molar-refractivity contribution in [1.82, 2.24) is 0 Å². The Morgan fingerprint density at radius 2 is 2.00 bits per heavy atom. The van der Waals surface area contributed by atoms with E-state index in [1.54, 1.807) is 0 Å². The molecule has 0 aliphatic carbocycles. The summed E-state index contributed by atoms with van der Waals surface area (Å²) < 4.78 is 5.67. The molecule has 1 atom stereocenters. The Kier molecular flexibility index (Phi) is 7.58. The van der Waals surface area contributed by atoms with Crippen LogP contribution in [0, 0.1) is 5.41 Å². The third kappa shape index (κ3) is 4.66. The highest BCUT2D eigenvalue weighted by atomic mass is 79.9. The van der Waals surface area contributed by atoms with Gasteiger partial charge >= 0.3 is 0 Å². The van der Waals surface area contributed by atoms with Gasteiger partial charge < -0.3 is 4.74 Å². The van der Waals surface area contributed by atoms with Crippen LogP contribution in [0.5, 0.6) is 0 Å². The summed E-state index contributed by atoms with van der Waals surface area (Å²) in [7, 11) is 0. The predicted molar refractivity (Wildman–Crippen MR) is 77.8 cm³/mol. The second kappa shape index (κ2) is 8.10. The van der Waals surface area contributed by atoms with Gasteiger partial charge in [-0.3, -0.25) is 0 Å². The number of ether oxygens (including phenoxy) is 1. The summed E-state index contributed by atoms with van der Waals surface area (Å²) in [6, 6.07) is 0. The molecular weight excluding hydrogens is 332 g/mol. The van der Waals surface area contributed by atoms with Crippen LogP contribution in [0.15, 0.2) is 0 Å². The Labute approximate surface area is 117 Å². The maximum absolute atomic E-state index is 5.67. The molecule has 1 fully saturated rings. The molecular formula is C13H24Br2O. The van der Waals surface area contributed by atoms with Gasteiger partial charge in [0.25, 0.3) is 0 Å². The molecule has 1 aliphatic heterocycles. The van der Waals surface area contributed by atoms with Crippen molar-refractivity contribution in [3.05, 3.63) is 0 Å². The summed E-state index contributed by atoms with van der Waals surface area (Å²) in [6.45, 7) is 3.27. The topological polar surface area (TPSA) is 9.23 Å². The number of halogens is 2. The predicted octanol–water partition coefficient (Wildman–Crippen LogP) is 4.91. The molecule has 96 valence electrons. The fourth-order valence-electron chi connectivity index (χ4n) is 2.54. The van der Waals surface area contributed by atoms with E-state index in [0.29, 0.717) is 11.5 Å². The molecule has 1 unspecified atom stereocenters. The molecule has 1 saturated heterocycles. The van der Waals surface area contributed by atoms with Gasteiger partial charge in [-0.1, -0.05) is 51.6 Å². The van der Waals surface area contributed by atoms with E-state index >= 15 is 0 Å². The Bertz CT molecular complexity index is 175. The van der Waals surface area contributed by atoms with E-state index in [4.69, 9.17) is 4.74 Å². The minimum absolute atomic E-state index is 0.466. The fourth-order valence-corrected chi connectivity index (χ4v) is 4.59. The minimum atomic E-state index is 0.466. The van der Waals surface area contributed by atoms with Crippen LogP contribution >= 0.6 is 31.9 Å². The molecule has 0 bridgehead atoms. The third-order valence-corrected chi connectivity index (χ3v) is 5.98. The van der Waals surface area contributed by atoms with Crippen molar-refractivity contribution < 1.29 is 4.74 Å². The number of hydrogen-bond acceptors (Lipinski definition) is 1. The van der Waals surface area contributed by atoms with Crippen molar-refractivity contribution in [3.63, 3.8) is 0 Å². The first kappa shape index (κ1) is 15.0. The highest BCUT2D eigenvalue weighted by molar-refractivity contribution is 9.09. The van der Waals surface area contributed by atoms with Gasteiger partial charge in [-0.15, -0.1) is 0 Å². The lowest BCUT2D eigenvalue weighted by Crippen LogP contribution is -2.25. The van der Waals surface area contributed by atoms with E-state index in [2.05, 4.69) is 38.8 Å². The van der Waals surface area contributed by atoms with Crippen LogP contribution in [-0.2, 0) is 4.74 Å². The molecule has 0 saturated carbocycles. The SMILES string of the molecule is CCCC(CBr)(CBr)CCCC1CCCO1. The molecule has 0 aromatic heterocycles. The van der Waals surface area contributed by atoms with Crippen molar-refractivity contribution in [1.29, 1.82) is 0 Å². The first-order valence-corrected chi connectivity index (χ1v) is 8.74. The summed E-state index contributed by atoms with van der Waals surface area (Å²) >= 11 is 7.37. The second-order valence-corrected chi connectivity index (χ2v) is 6.17. The van der Waals surface area contributed by atoms with Crippen LogP contribution in [0.2, 0.25) is 0 Å². The van der Waals surface area contributed by atoms with E-state index < -0.39 is 0 Å². The van der Waals surface area contributed by atoms with Gasteiger partial charge in [-0.2, -0.15) is 0 Å². The molecule has 0 amide bonds. The van der Waals surface area contributed by atoms with Crippen LogP contribution in [0.1, 0.15) is 51.9 Å². The average Bonchev–Trinajstić information content (AvgIpc) is 2.81. The van der Waals surface area contributed by atoms with Crippen LogP contribution in [0.4, 0.5) is 0 Å². The Balaban J connectivity index is 2.25. The Morgan fingerprint density at radius 3 is 2.50 bits per heavy atom. The zero-order valence-corrected chi connectivity index (χ0v) is 13.5. The van der Waals surface area contributed by atoms with Crippen LogP contribution < -0.4 is 0 Å². The molecule has 0 N–H and O–H groups in total. The smallest absolute Gasteiger partial charge is 0.0576 e. The van der Waals surface area contributed by atoms with E-state index in [1.807, 2.05) is 0 Å². The summed E-state index contributed by atoms with van der Waals surface area (Å²) in [5.74, 6) is 0. The van der Waals surface area contributed by atoms with Gasteiger partial charge in [0.1, 0.15) is 0 Å². The van der Waals surface area contributed by atoms with Crippen molar-refractivity contribution in [2.45, 2.75) is 58.0 Å². The summed E-state index contributed by atoms with van der Waals surface area (Å²) in [6.07, 6.45) is 9.58. The molecule has 0 radical (unpaired) electrons. The maximum Gasteiger partial charge on any atom is 0.0576 e. The Hall–Kier alpha value is 0.920. The number of alkyl halides is 2. The van der Waals surface area contributed by atoms with Crippen molar-refractivity contribution in [2.75, 3.05) is 17.3 Å². The fraction of sp³-hybridized carbons (Fsp3) is 1.00. The van der Waals surface area contributed by atoms with Crippen LogP contribution in [0.3, 0.4) is 0 Å². The Morgan fingerprint density at radius 1 is 1.25 bits per heavy atom. The van der Waals surface area contributed by atoms with Crippen molar-refractivity contribution >= 4 is 31.9 Å². The normalized spacial score (nSPS) is 21.6. The first-order valence-electron chi connectivity index (χ1n) is 6.50. The van der Waals surface area contributed by atoms with E-state index in [0.717, 1.165) is 17.3 Å². The molecule has 0 spiro atoms. The molecule has 0 aromatic rings. The van der Waals surface area contributed by atoms with E-state index in [1.165, 1.54) is 44.9 Å². The average molecular weight is 356 g/mol. The van der Waals surface area contributed by atoms with Crippen LogP contribution in [-0.4, -0.2) is 23.4 Å². The number of rotatable bonds is 8.